The summed E-state index contributed by atoms with van der Waals surface area (Å²) in [5, 5.41) is 11.3. The number of benzene rings is 2. The van der Waals surface area contributed by atoms with Gasteiger partial charge in [-0.25, -0.2) is 4.98 Å². The highest BCUT2D eigenvalue weighted by molar-refractivity contribution is 6.46. The van der Waals surface area contributed by atoms with E-state index in [1.54, 1.807) is 41.7 Å². The van der Waals surface area contributed by atoms with Gasteiger partial charge in [-0.3, -0.25) is 9.59 Å². The molecule has 0 unspecified atom stereocenters. The number of rotatable bonds is 10. The maximum absolute atomic E-state index is 13.2. The number of amides is 1. The molecule has 1 saturated heterocycles. The summed E-state index contributed by atoms with van der Waals surface area (Å²) in [6.45, 7) is 7.90. The Hall–Kier alpha value is -3.87. The molecule has 1 fully saturated rings. The van der Waals surface area contributed by atoms with Gasteiger partial charge in [0.15, 0.2) is 0 Å². The molecule has 3 aromatic rings. The number of aryl methyl sites for hydroxylation is 1. The van der Waals surface area contributed by atoms with Gasteiger partial charge in [-0.05, 0) is 54.2 Å². The summed E-state index contributed by atoms with van der Waals surface area (Å²) >= 11 is 0. The van der Waals surface area contributed by atoms with Crippen molar-refractivity contribution >= 4 is 17.4 Å². The summed E-state index contributed by atoms with van der Waals surface area (Å²) in [7, 11) is 0. The molecule has 2 heterocycles. The standard InChI is InChI=1S/C29H33N3O4/c1-4-18-36-24-12-10-23(11-13-24)27(33)25-26(22-8-6-21(7-9-22)20(2)3)32(29(35)28(25)34)16-5-15-31-17-14-30-19-31/h6-14,17,19-20,26,33H,4-5,15-16,18H2,1-3H3/b27-25+/t26-/m1/s1. The zero-order valence-corrected chi connectivity index (χ0v) is 21.1. The van der Waals surface area contributed by atoms with Crippen molar-refractivity contribution in [2.45, 2.75) is 52.1 Å². The fourth-order valence-corrected chi connectivity index (χ4v) is 4.45. The second-order valence-corrected chi connectivity index (χ2v) is 9.34. The second kappa shape index (κ2) is 11.2. The minimum absolute atomic E-state index is 0.113. The first-order chi connectivity index (χ1) is 17.4. The molecule has 2 aromatic carbocycles. The summed E-state index contributed by atoms with van der Waals surface area (Å²) in [6, 6.07) is 14.2. The van der Waals surface area contributed by atoms with Crippen molar-refractivity contribution in [1.82, 2.24) is 14.5 Å². The van der Waals surface area contributed by atoms with Gasteiger partial charge in [-0.15, -0.1) is 0 Å². The van der Waals surface area contributed by atoms with E-state index in [4.69, 9.17) is 4.74 Å². The molecule has 4 rings (SSSR count). The van der Waals surface area contributed by atoms with Crippen molar-refractivity contribution in [2.75, 3.05) is 13.2 Å². The molecule has 188 valence electrons. The van der Waals surface area contributed by atoms with E-state index in [0.29, 0.717) is 43.3 Å². The average Bonchev–Trinajstić information content (AvgIpc) is 3.50. The number of carbonyl (C=O) groups excluding carboxylic acids is 2. The summed E-state index contributed by atoms with van der Waals surface area (Å²) in [6.07, 6.45) is 6.84. The largest absolute Gasteiger partial charge is 0.507 e. The Kier molecular flexibility index (Phi) is 7.88. The van der Waals surface area contributed by atoms with Crippen molar-refractivity contribution in [1.29, 1.82) is 0 Å². The SMILES string of the molecule is CCCOc1ccc(/C(O)=C2\C(=O)C(=O)N(CCCn3ccnc3)[C@@H]2c2ccc(C(C)C)cc2)cc1. The third-order valence-electron chi connectivity index (χ3n) is 6.43. The lowest BCUT2D eigenvalue weighted by Crippen LogP contribution is -2.31. The normalized spacial score (nSPS) is 17.2. The molecule has 1 N–H and O–H groups in total. The topological polar surface area (TPSA) is 84.7 Å². The quantitative estimate of drug-likeness (QED) is 0.238. The monoisotopic (exact) mass is 487 g/mol. The minimum atomic E-state index is -0.667. The highest BCUT2D eigenvalue weighted by Crippen LogP contribution is 2.40. The predicted octanol–water partition coefficient (Wildman–Crippen LogP) is 5.31. The third-order valence-corrected chi connectivity index (χ3v) is 6.43. The number of hydrogen-bond donors (Lipinski definition) is 1. The molecule has 36 heavy (non-hydrogen) atoms. The van der Waals surface area contributed by atoms with Crippen LogP contribution in [0.4, 0.5) is 0 Å². The number of carbonyl (C=O) groups is 2. The van der Waals surface area contributed by atoms with E-state index in [1.165, 1.54) is 5.56 Å². The van der Waals surface area contributed by atoms with Crippen LogP contribution in [0.15, 0.2) is 72.8 Å². The van der Waals surface area contributed by atoms with Gasteiger partial charge < -0.3 is 19.3 Å². The number of ketones is 1. The second-order valence-electron chi connectivity index (χ2n) is 9.34. The van der Waals surface area contributed by atoms with Gasteiger partial charge in [0, 0.05) is 31.0 Å². The Morgan fingerprint density at radius 2 is 1.78 bits per heavy atom. The third kappa shape index (κ3) is 5.35. The number of likely N-dealkylation sites (tertiary alicyclic amines) is 1. The van der Waals surface area contributed by atoms with Crippen LogP contribution >= 0.6 is 0 Å². The minimum Gasteiger partial charge on any atom is -0.507 e. The van der Waals surface area contributed by atoms with Gasteiger partial charge in [0.1, 0.15) is 11.5 Å². The van der Waals surface area contributed by atoms with E-state index >= 15 is 0 Å². The van der Waals surface area contributed by atoms with Gasteiger partial charge >= 0.3 is 0 Å². The maximum atomic E-state index is 13.2. The number of hydrogen-bond acceptors (Lipinski definition) is 5. The Morgan fingerprint density at radius 3 is 2.39 bits per heavy atom. The van der Waals surface area contributed by atoms with Crippen LogP contribution in [0.5, 0.6) is 5.75 Å². The van der Waals surface area contributed by atoms with E-state index in [0.717, 1.165) is 12.0 Å². The van der Waals surface area contributed by atoms with Gasteiger partial charge in [-0.1, -0.05) is 45.0 Å². The van der Waals surface area contributed by atoms with Gasteiger partial charge in [-0.2, -0.15) is 0 Å². The molecule has 7 heteroatoms. The van der Waals surface area contributed by atoms with Crippen LogP contribution in [0.25, 0.3) is 5.76 Å². The smallest absolute Gasteiger partial charge is 0.295 e. The summed E-state index contributed by atoms with van der Waals surface area (Å²) in [5.74, 6) is -0.393. The van der Waals surface area contributed by atoms with Gasteiger partial charge in [0.2, 0.25) is 0 Å². The number of aromatic nitrogens is 2. The predicted molar refractivity (Wildman–Crippen MR) is 139 cm³/mol. The molecule has 7 nitrogen and oxygen atoms in total. The lowest BCUT2D eigenvalue weighted by Gasteiger charge is -2.26. The molecule has 1 aromatic heterocycles. The summed E-state index contributed by atoms with van der Waals surface area (Å²) in [4.78, 5) is 32.0. The van der Waals surface area contributed by atoms with Crippen LogP contribution in [0, 0.1) is 0 Å². The first-order valence-electron chi connectivity index (χ1n) is 12.5. The molecule has 0 spiro atoms. The Bertz CT molecular complexity index is 1210. The Balaban J connectivity index is 1.69. The lowest BCUT2D eigenvalue weighted by atomic mass is 9.93. The van der Waals surface area contributed by atoms with Crippen LogP contribution in [0.3, 0.4) is 0 Å². The molecule has 1 atom stereocenters. The van der Waals surface area contributed by atoms with Crippen molar-refractivity contribution < 1.29 is 19.4 Å². The van der Waals surface area contributed by atoms with Crippen LogP contribution in [0.1, 0.15) is 62.3 Å². The fourth-order valence-electron chi connectivity index (χ4n) is 4.45. The number of aliphatic hydroxyl groups excluding tert-OH is 1. The molecule has 0 radical (unpaired) electrons. The van der Waals surface area contributed by atoms with Crippen molar-refractivity contribution in [3.8, 4) is 5.75 Å². The van der Waals surface area contributed by atoms with Crippen molar-refractivity contribution in [2.24, 2.45) is 0 Å². The molecular weight excluding hydrogens is 454 g/mol. The Labute approximate surface area is 212 Å². The lowest BCUT2D eigenvalue weighted by molar-refractivity contribution is -0.139. The first kappa shape index (κ1) is 25.2. The highest BCUT2D eigenvalue weighted by atomic mass is 16.5. The van der Waals surface area contributed by atoms with Crippen molar-refractivity contribution in [3.63, 3.8) is 0 Å². The van der Waals surface area contributed by atoms with Gasteiger partial charge in [0.25, 0.3) is 11.7 Å². The molecule has 0 bridgehead atoms. The molecule has 0 saturated carbocycles. The van der Waals surface area contributed by atoms with E-state index < -0.39 is 17.7 Å². The van der Waals surface area contributed by atoms with E-state index in [1.807, 2.05) is 42.0 Å². The average molecular weight is 488 g/mol. The van der Waals surface area contributed by atoms with Crippen LogP contribution in [0.2, 0.25) is 0 Å². The molecule has 1 aliphatic heterocycles. The van der Waals surface area contributed by atoms with Crippen molar-refractivity contribution in [3.05, 3.63) is 89.5 Å². The van der Waals surface area contributed by atoms with Crippen LogP contribution in [-0.2, 0) is 16.1 Å². The number of nitrogens with zero attached hydrogens (tertiary/aromatic N) is 3. The first-order valence-corrected chi connectivity index (χ1v) is 12.5. The number of imidazole rings is 1. The maximum Gasteiger partial charge on any atom is 0.295 e. The van der Waals surface area contributed by atoms with E-state index in [9.17, 15) is 14.7 Å². The van der Waals surface area contributed by atoms with Crippen LogP contribution < -0.4 is 4.74 Å². The number of aliphatic hydroxyl groups is 1. The Morgan fingerprint density at radius 1 is 1.06 bits per heavy atom. The van der Waals surface area contributed by atoms with Gasteiger partial charge in [0.05, 0.1) is 24.5 Å². The molecule has 1 amide bonds. The molecule has 1 aliphatic rings. The van der Waals surface area contributed by atoms with E-state index in [-0.39, 0.29) is 11.3 Å². The highest BCUT2D eigenvalue weighted by Gasteiger charge is 2.45. The molecule has 0 aliphatic carbocycles. The van der Waals surface area contributed by atoms with E-state index in [2.05, 4.69) is 18.8 Å². The number of ether oxygens (including phenoxy) is 1. The zero-order valence-electron chi connectivity index (χ0n) is 21.1. The fraction of sp³-hybridized carbons (Fsp3) is 0.345. The summed E-state index contributed by atoms with van der Waals surface area (Å²) < 4.78 is 7.57. The van der Waals surface area contributed by atoms with Crippen LogP contribution in [-0.4, -0.2) is 44.4 Å². The number of Topliss-reactive ketones (excluding diaryl/α,β-unsaturated/α-hetero) is 1. The molecular formula is C29H33N3O4. The summed E-state index contributed by atoms with van der Waals surface area (Å²) in [5.41, 5.74) is 2.55. The zero-order chi connectivity index (χ0) is 25.7.